The molecule has 0 spiro atoms. The molecule has 0 saturated heterocycles. The highest BCUT2D eigenvalue weighted by molar-refractivity contribution is 6.40. The molecule has 1 heterocycles. The van der Waals surface area contributed by atoms with Gasteiger partial charge in [0, 0.05) is 5.56 Å². The third-order valence-corrected chi connectivity index (χ3v) is 4.02. The molecule has 0 radical (unpaired) electrons. The first-order chi connectivity index (χ1) is 8.72. The van der Waals surface area contributed by atoms with Gasteiger partial charge in [-0.1, -0.05) is 34.4 Å². The fourth-order valence-corrected chi connectivity index (χ4v) is 2.89. The topological polar surface area (TPSA) is 38.7 Å². The van der Waals surface area contributed by atoms with Crippen LogP contribution in [0.2, 0.25) is 10.0 Å². The van der Waals surface area contributed by atoms with Crippen LogP contribution in [0.3, 0.4) is 0 Å². The second-order valence-corrected chi connectivity index (χ2v) is 5.46. The van der Waals surface area contributed by atoms with Crippen molar-refractivity contribution in [1.29, 1.82) is 0 Å². The largest absolute Gasteiger partial charge is 0.391 e. The molecule has 94 valence electrons. The van der Waals surface area contributed by atoms with E-state index in [0.717, 1.165) is 19.1 Å². The summed E-state index contributed by atoms with van der Waals surface area (Å²) in [5, 5.41) is 5.03. The number of hydrogen-bond acceptors (Lipinski definition) is 3. The van der Waals surface area contributed by atoms with Gasteiger partial charge in [0.05, 0.1) is 10.0 Å². The van der Waals surface area contributed by atoms with E-state index in [1.807, 2.05) is 0 Å². The molecule has 0 bridgehead atoms. The van der Waals surface area contributed by atoms with Gasteiger partial charge in [-0.2, -0.15) is 0 Å². The number of carbonyl (C=O) groups is 1. The second kappa shape index (κ2) is 4.56. The zero-order valence-electron chi connectivity index (χ0n) is 9.48. The van der Waals surface area contributed by atoms with E-state index in [9.17, 15) is 4.79 Å². The number of rotatable bonds is 3. The summed E-state index contributed by atoms with van der Waals surface area (Å²) in [4.78, 5) is 16.7. The minimum Gasteiger partial charge on any atom is -0.391 e. The van der Waals surface area contributed by atoms with E-state index in [2.05, 4.69) is 5.16 Å². The second-order valence-electron chi connectivity index (χ2n) is 4.64. The quantitative estimate of drug-likeness (QED) is 0.799. The molecule has 18 heavy (non-hydrogen) atoms. The molecule has 1 fully saturated rings. The van der Waals surface area contributed by atoms with Gasteiger partial charge in [-0.3, -0.25) is 0 Å². The summed E-state index contributed by atoms with van der Waals surface area (Å²) in [5.74, 6) is 0.0672. The first-order valence-corrected chi connectivity index (χ1v) is 6.61. The van der Waals surface area contributed by atoms with E-state index in [0.29, 0.717) is 27.2 Å². The van der Waals surface area contributed by atoms with Gasteiger partial charge >= 0.3 is 0 Å². The summed E-state index contributed by atoms with van der Waals surface area (Å²) in [5.41, 5.74) is 1.17. The maximum Gasteiger partial charge on any atom is 0.145 e. The maximum absolute atomic E-state index is 11.3. The van der Waals surface area contributed by atoms with Gasteiger partial charge in [-0.05, 0) is 30.9 Å². The molecule has 3 rings (SSSR count). The summed E-state index contributed by atoms with van der Waals surface area (Å²) < 4.78 is 0. The van der Waals surface area contributed by atoms with Gasteiger partial charge in [0.25, 0.3) is 0 Å². The molecule has 1 aliphatic heterocycles. The van der Waals surface area contributed by atoms with Crippen molar-refractivity contribution in [1.82, 2.24) is 0 Å². The van der Waals surface area contributed by atoms with Crippen LogP contribution in [0.25, 0.3) is 0 Å². The predicted octanol–water partition coefficient (Wildman–Crippen LogP) is 3.32. The van der Waals surface area contributed by atoms with Crippen molar-refractivity contribution in [2.75, 3.05) is 0 Å². The SMILES string of the molecule is O=CC1C(c2c(Cl)cccc2Cl)=NOC1C1CC1. The molecule has 5 heteroatoms. The van der Waals surface area contributed by atoms with Crippen molar-refractivity contribution in [2.45, 2.75) is 18.9 Å². The van der Waals surface area contributed by atoms with E-state index in [1.54, 1.807) is 18.2 Å². The lowest BCUT2D eigenvalue weighted by Gasteiger charge is -2.13. The molecule has 3 nitrogen and oxygen atoms in total. The number of halogens is 2. The zero-order valence-corrected chi connectivity index (χ0v) is 11.0. The van der Waals surface area contributed by atoms with E-state index in [-0.39, 0.29) is 12.0 Å². The van der Waals surface area contributed by atoms with Gasteiger partial charge in [0.1, 0.15) is 24.0 Å². The number of nitrogens with zero attached hydrogens (tertiary/aromatic N) is 1. The van der Waals surface area contributed by atoms with Crippen molar-refractivity contribution in [3.8, 4) is 0 Å². The minimum atomic E-state index is -0.366. The Morgan fingerprint density at radius 2 is 1.94 bits per heavy atom. The highest BCUT2D eigenvalue weighted by Gasteiger charge is 2.45. The molecule has 1 aromatic carbocycles. The number of hydrogen-bond donors (Lipinski definition) is 0. The van der Waals surface area contributed by atoms with Crippen LogP contribution in [-0.2, 0) is 9.63 Å². The van der Waals surface area contributed by atoms with Crippen LogP contribution < -0.4 is 0 Å². The van der Waals surface area contributed by atoms with Crippen LogP contribution in [0.4, 0.5) is 0 Å². The lowest BCUT2D eigenvalue weighted by Crippen LogP contribution is -2.27. The van der Waals surface area contributed by atoms with Gasteiger partial charge < -0.3 is 9.63 Å². The summed E-state index contributed by atoms with van der Waals surface area (Å²) in [6.45, 7) is 0. The van der Waals surface area contributed by atoms with Gasteiger partial charge in [0.15, 0.2) is 0 Å². The third-order valence-electron chi connectivity index (χ3n) is 3.39. The standard InChI is InChI=1S/C13H11Cl2NO2/c14-9-2-1-3-10(15)11(9)12-8(6-17)13(18-16-12)7-4-5-7/h1-3,6-8,13H,4-5H2. The van der Waals surface area contributed by atoms with Crippen LogP contribution in [0, 0.1) is 11.8 Å². The van der Waals surface area contributed by atoms with Crippen LogP contribution in [0.15, 0.2) is 23.4 Å². The van der Waals surface area contributed by atoms with Crippen molar-refractivity contribution < 1.29 is 9.63 Å². The number of oxime groups is 1. The van der Waals surface area contributed by atoms with Crippen LogP contribution in [0.5, 0.6) is 0 Å². The average Bonchev–Trinajstić information content (AvgIpc) is 3.10. The zero-order chi connectivity index (χ0) is 12.7. The third kappa shape index (κ3) is 1.91. The highest BCUT2D eigenvalue weighted by Crippen LogP contribution is 2.42. The fraction of sp³-hybridized carbons (Fsp3) is 0.385. The van der Waals surface area contributed by atoms with E-state index < -0.39 is 0 Å². The van der Waals surface area contributed by atoms with Gasteiger partial charge in [-0.15, -0.1) is 0 Å². The smallest absolute Gasteiger partial charge is 0.145 e. The molecule has 0 N–H and O–H groups in total. The van der Waals surface area contributed by atoms with E-state index in [4.69, 9.17) is 28.0 Å². The summed E-state index contributed by atoms with van der Waals surface area (Å²) in [6.07, 6.45) is 2.92. The van der Waals surface area contributed by atoms with Crippen LogP contribution in [-0.4, -0.2) is 18.1 Å². The fourth-order valence-electron chi connectivity index (χ4n) is 2.30. The van der Waals surface area contributed by atoms with Crippen molar-refractivity contribution in [3.63, 3.8) is 0 Å². The normalized spacial score (nSPS) is 26.7. The van der Waals surface area contributed by atoms with E-state index in [1.165, 1.54) is 0 Å². The molecule has 2 unspecified atom stereocenters. The monoisotopic (exact) mass is 283 g/mol. The Morgan fingerprint density at radius 1 is 1.28 bits per heavy atom. The Hall–Kier alpha value is -1.06. The van der Waals surface area contributed by atoms with Gasteiger partial charge in [-0.25, -0.2) is 0 Å². The van der Waals surface area contributed by atoms with Crippen LogP contribution in [0.1, 0.15) is 18.4 Å². The predicted molar refractivity (Wildman–Crippen MR) is 70.2 cm³/mol. The molecule has 1 aromatic rings. The number of benzene rings is 1. The number of aldehydes is 1. The van der Waals surface area contributed by atoms with Crippen molar-refractivity contribution >= 4 is 35.2 Å². The van der Waals surface area contributed by atoms with Crippen LogP contribution >= 0.6 is 23.2 Å². The molecule has 2 atom stereocenters. The first-order valence-electron chi connectivity index (χ1n) is 5.85. The average molecular weight is 284 g/mol. The van der Waals surface area contributed by atoms with E-state index >= 15 is 0 Å². The van der Waals surface area contributed by atoms with Crippen molar-refractivity contribution in [3.05, 3.63) is 33.8 Å². The Morgan fingerprint density at radius 3 is 2.50 bits per heavy atom. The summed E-state index contributed by atoms with van der Waals surface area (Å²) >= 11 is 12.3. The highest BCUT2D eigenvalue weighted by atomic mass is 35.5. The Kier molecular flexibility index (Phi) is 3.04. The lowest BCUT2D eigenvalue weighted by atomic mass is 9.91. The molecular weight excluding hydrogens is 273 g/mol. The Labute approximate surface area is 115 Å². The molecule has 1 aliphatic carbocycles. The van der Waals surface area contributed by atoms with Gasteiger partial charge in [0.2, 0.25) is 0 Å². The molecule has 1 saturated carbocycles. The van der Waals surface area contributed by atoms with Crippen molar-refractivity contribution in [2.24, 2.45) is 17.0 Å². The summed E-state index contributed by atoms with van der Waals surface area (Å²) in [7, 11) is 0. The lowest BCUT2D eigenvalue weighted by molar-refractivity contribution is -0.112. The minimum absolute atomic E-state index is 0.148. The Bertz CT molecular complexity index is 505. The molecular formula is C13H11Cl2NO2. The summed E-state index contributed by atoms with van der Waals surface area (Å²) in [6, 6.07) is 5.23. The first kappa shape index (κ1) is 12.0. The molecule has 0 amide bonds. The maximum atomic E-state index is 11.3. The Balaban J connectivity index is 1.98. The number of carbonyl (C=O) groups excluding carboxylic acids is 1. The molecule has 0 aromatic heterocycles. The molecule has 2 aliphatic rings.